The highest BCUT2D eigenvalue weighted by Crippen LogP contribution is 2.31. The Morgan fingerprint density at radius 1 is 1.35 bits per heavy atom. The van der Waals surface area contributed by atoms with E-state index in [4.69, 9.17) is 0 Å². The molecule has 2 rings (SSSR count). The molecular formula is C12H14BrN3S. The molecule has 0 aliphatic heterocycles. The molecule has 0 aromatic carbocycles. The fraction of sp³-hybridized carbons (Fsp3) is 0.333. The maximum atomic E-state index is 4.47. The molecule has 3 nitrogen and oxygen atoms in total. The van der Waals surface area contributed by atoms with Gasteiger partial charge in [0.1, 0.15) is 11.6 Å². The van der Waals surface area contributed by atoms with Crippen molar-refractivity contribution < 1.29 is 0 Å². The van der Waals surface area contributed by atoms with Gasteiger partial charge in [-0.1, -0.05) is 6.92 Å². The van der Waals surface area contributed by atoms with E-state index in [9.17, 15) is 0 Å². The van der Waals surface area contributed by atoms with Gasteiger partial charge in [-0.2, -0.15) is 11.3 Å². The normalized spacial score (nSPS) is 10.5. The van der Waals surface area contributed by atoms with Crippen molar-refractivity contribution in [2.75, 3.05) is 11.9 Å². The van der Waals surface area contributed by atoms with Gasteiger partial charge in [-0.05, 0) is 29.3 Å². The zero-order valence-corrected chi connectivity index (χ0v) is 12.2. The molecule has 2 aromatic heterocycles. The zero-order chi connectivity index (χ0) is 12.3. The van der Waals surface area contributed by atoms with Crippen LogP contribution in [0.1, 0.15) is 19.2 Å². The minimum atomic E-state index is 0.791. The first kappa shape index (κ1) is 12.5. The van der Waals surface area contributed by atoms with E-state index in [1.165, 1.54) is 0 Å². The lowest BCUT2D eigenvalue weighted by Gasteiger charge is -2.07. The summed E-state index contributed by atoms with van der Waals surface area (Å²) < 4.78 is 1.09. The van der Waals surface area contributed by atoms with Crippen LogP contribution in [0.4, 0.5) is 5.82 Å². The van der Waals surface area contributed by atoms with Gasteiger partial charge in [0.15, 0.2) is 0 Å². The summed E-state index contributed by atoms with van der Waals surface area (Å²) >= 11 is 5.20. The summed E-state index contributed by atoms with van der Waals surface area (Å²) in [6.07, 6.45) is 1.08. The van der Waals surface area contributed by atoms with Crippen LogP contribution in [0, 0.1) is 6.92 Å². The van der Waals surface area contributed by atoms with Crippen LogP contribution in [0.25, 0.3) is 11.3 Å². The van der Waals surface area contributed by atoms with E-state index in [2.05, 4.69) is 48.9 Å². The number of thiophene rings is 1. The number of anilines is 1. The first-order valence-electron chi connectivity index (χ1n) is 5.52. The van der Waals surface area contributed by atoms with Crippen molar-refractivity contribution in [2.24, 2.45) is 0 Å². The minimum Gasteiger partial charge on any atom is -0.370 e. The van der Waals surface area contributed by atoms with Gasteiger partial charge in [-0.3, -0.25) is 0 Å². The Hall–Kier alpha value is -0.940. The number of hydrogen-bond acceptors (Lipinski definition) is 4. The van der Waals surface area contributed by atoms with E-state index < -0.39 is 0 Å². The number of aryl methyl sites for hydroxylation is 1. The SMILES string of the molecule is CCCNc1cc(-c2cscc2Br)nc(C)n1. The first-order valence-corrected chi connectivity index (χ1v) is 7.26. The van der Waals surface area contributed by atoms with E-state index in [1.807, 2.05) is 13.0 Å². The van der Waals surface area contributed by atoms with Crippen molar-refractivity contribution >= 4 is 33.1 Å². The lowest BCUT2D eigenvalue weighted by atomic mass is 10.2. The van der Waals surface area contributed by atoms with Crippen LogP contribution in [0.15, 0.2) is 21.3 Å². The van der Waals surface area contributed by atoms with Gasteiger partial charge >= 0.3 is 0 Å². The highest BCUT2D eigenvalue weighted by Gasteiger charge is 2.08. The number of hydrogen-bond donors (Lipinski definition) is 1. The Kier molecular flexibility index (Phi) is 4.12. The third-order valence-corrected chi connectivity index (χ3v) is 3.99. The molecular weight excluding hydrogens is 298 g/mol. The molecule has 0 aliphatic rings. The smallest absolute Gasteiger partial charge is 0.130 e. The van der Waals surface area contributed by atoms with Crippen LogP contribution in [-0.2, 0) is 0 Å². The topological polar surface area (TPSA) is 37.8 Å². The Balaban J connectivity index is 2.35. The molecule has 0 saturated carbocycles. The second-order valence-corrected chi connectivity index (χ2v) is 5.34. The van der Waals surface area contributed by atoms with Crippen LogP contribution < -0.4 is 5.32 Å². The average molecular weight is 312 g/mol. The van der Waals surface area contributed by atoms with Crippen molar-refractivity contribution in [1.82, 2.24) is 9.97 Å². The Labute approximate surface area is 113 Å². The molecule has 0 radical (unpaired) electrons. The van der Waals surface area contributed by atoms with Crippen molar-refractivity contribution in [3.05, 3.63) is 27.1 Å². The van der Waals surface area contributed by atoms with Crippen molar-refractivity contribution in [3.63, 3.8) is 0 Å². The van der Waals surface area contributed by atoms with Crippen molar-refractivity contribution in [3.8, 4) is 11.3 Å². The lowest BCUT2D eigenvalue weighted by Crippen LogP contribution is -2.04. The molecule has 5 heteroatoms. The molecule has 0 amide bonds. The Morgan fingerprint density at radius 2 is 2.18 bits per heavy atom. The summed E-state index contributed by atoms with van der Waals surface area (Å²) in [5.41, 5.74) is 2.09. The maximum absolute atomic E-state index is 4.47. The molecule has 0 bridgehead atoms. The Morgan fingerprint density at radius 3 is 2.82 bits per heavy atom. The molecule has 90 valence electrons. The molecule has 2 aromatic rings. The van der Waals surface area contributed by atoms with Gasteiger partial charge in [0, 0.05) is 33.4 Å². The van der Waals surface area contributed by atoms with Gasteiger partial charge < -0.3 is 5.32 Å². The fourth-order valence-electron chi connectivity index (χ4n) is 1.51. The number of halogens is 1. The highest BCUT2D eigenvalue weighted by molar-refractivity contribution is 9.10. The molecule has 1 N–H and O–H groups in total. The summed E-state index contributed by atoms with van der Waals surface area (Å²) in [5, 5.41) is 7.45. The highest BCUT2D eigenvalue weighted by atomic mass is 79.9. The van der Waals surface area contributed by atoms with E-state index >= 15 is 0 Å². The third-order valence-electron chi connectivity index (χ3n) is 2.28. The van der Waals surface area contributed by atoms with Gasteiger partial charge in [-0.15, -0.1) is 0 Å². The largest absolute Gasteiger partial charge is 0.370 e. The molecule has 0 fully saturated rings. The van der Waals surface area contributed by atoms with Crippen LogP contribution in [-0.4, -0.2) is 16.5 Å². The lowest BCUT2D eigenvalue weighted by molar-refractivity contribution is 0.955. The third kappa shape index (κ3) is 3.04. The minimum absolute atomic E-state index is 0.791. The standard InChI is InChI=1S/C12H14BrN3S/c1-3-4-14-12-5-11(15-8(2)16-12)9-6-17-7-10(9)13/h5-7H,3-4H2,1-2H3,(H,14,15,16). The summed E-state index contributed by atoms with van der Waals surface area (Å²) in [4.78, 5) is 8.85. The number of aromatic nitrogens is 2. The van der Waals surface area contributed by atoms with Gasteiger partial charge in [0.2, 0.25) is 0 Å². The van der Waals surface area contributed by atoms with Crippen molar-refractivity contribution in [1.29, 1.82) is 0 Å². The Bertz CT molecular complexity index is 510. The van der Waals surface area contributed by atoms with Crippen molar-refractivity contribution in [2.45, 2.75) is 20.3 Å². The van der Waals surface area contributed by atoms with Gasteiger partial charge in [0.25, 0.3) is 0 Å². The van der Waals surface area contributed by atoms with Crippen LogP contribution in [0.5, 0.6) is 0 Å². The molecule has 17 heavy (non-hydrogen) atoms. The van der Waals surface area contributed by atoms with E-state index in [0.717, 1.165) is 40.3 Å². The summed E-state index contributed by atoms with van der Waals surface area (Å²) in [6, 6.07) is 2.00. The molecule has 0 saturated heterocycles. The fourth-order valence-corrected chi connectivity index (χ4v) is 3.00. The molecule has 0 atom stereocenters. The maximum Gasteiger partial charge on any atom is 0.130 e. The number of rotatable bonds is 4. The predicted octanol–water partition coefficient (Wildman–Crippen LogP) is 4.10. The number of nitrogens with one attached hydrogen (secondary N) is 1. The first-order chi connectivity index (χ1) is 8.20. The van der Waals surface area contributed by atoms with Gasteiger partial charge in [0.05, 0.1) is 5.69 Å². The summed E-state index contributed by atoms with van der Waals surface area (Å²) in [6.45, 7) is 4.99. The molecule has 0 spiro atoms. The summed E-state index contributed by atoms with van der Waals surface area (Å²) in [5.74, 6) is 1.69. The van der Waals surface area contributed by atoms with E-state index in [1.54, 1.807) is 11.3 Å². The second kappa shape index (κ2) is 5.60. The molecule has 0 aliphatic carbocycles. The summed E-state index contributed by atoms with van der Waals surface area (Å²) in [7, 11) is 0. The van der Waals surface area contributed by atoms with E-state index in [0.29, 0.717) is 0 Å². The zero-order valence-electron chi connectivity index (χ0n) is 9.83. The van der Waals surface area contributed by atoms with Crippen LogP contribution in [0.3, 0.4) is 0 Å². The van der Waals surface area contributed by atoms with E-state index in [-0.39, 0.29) is 0 Å². The molecule has 2 heterocycles. The second-order valence-electron chi connectivity index (χ2n) is 3.75. The predicted molar refractivity (Wildman–Crippen MR) is 76.6 cm³/mol. The number of nitrogens with zero attached hydrogens (tertiary/aromatic N) is 2. The molecule has 0 unspecified atom stereocenters. The average Bonchev–Trinajstić information content (AvgIpc) is 2.72. The van der Waals surface area contributed by atoms with Gasteiger partial charge in [-0.25, -0.2) is 9.97 Å². The van der Waals surface area contributed by atoms with Crippen LogP contribution >= 0.6 is 27.3 Å². The van der Waals surface area contributed by atoms with Crippen LogP contribution in [0.2, 0.25) is 0 Å². The monoisotopic (exact) mass is 311 g/mol. The quantitative estimate of drug-likeness (QED) is 0.923.